The van der Waals surface area contributed by atoms with Gasteiger partial charge in [-0.2, -0.15) is 0 Å². The monoisotopic (exact) mass is 1470 g/mol. The minimum Gasteiger partial charge on any atom is -0.462 e. The maximum atomic E-state index is 13.1. The van der Waals surface area contributed by atoms with Gasteiger partial charge in [0.1, 0.15) is 19.3 Å². The number of esters is 4. The minimum absolute atomic E-state index is 0.0768. The van der Waals surface area contributed by atoms with Crippen molar-refractivity contribution in [2.45, 2.75) is 354 Å². The zero-order valence-electron chi connectivity index (χ0n) is 64.3. The van der Waals surface area contributed by atoms with Crippen molar-refractivity contribution in [2.75, 3.05) is 39.6 Å². The van der Waals surface area contributed by atoms with Crippen molar-refractivity contribution in [1.29, 1.82) is 0 Å². The van der Waals surface area contributed by atoms with Crippen molar-refractivity contribution < 1.29 is 80.2 Å². The Hall–Kier alpha value is -4.28. The first-order chi connectivity index (χ1) is 49.7. The van der Waals surface area contributed by atoms with E-state index in [-0.39, 0.29) is 25.7 Å². The van der Waals surface area contributed by atoms with Crippen LogP contribution in [0, 0.1) is 0 Å². The Labute approximate surface area is 619 Å². The highest BCUT2D eigenvalue weighted by atomic mass is 31.2. The van der Waals surface area contributed by atoms with Crippen LogP contribution < -0.4 is 0 Å². The van der Waals surface area contributed by atoms with E-state index >= 15 is 0 Å². The molecule has 17 nitrogen and oxygen atoms in total. The van der Waals surface area contributed by atoms with E-state index in [4.69, 9.17) is 37.0 Å². The molecular formula is C83H144O17P2. The summed E-state index contributed by atoms with van der Waals surface area (Å²) in [6.45, 7) is 4.61. The molecule has 0 saturated carbocycles. The van der Waals surface area contributed by atoms with Gasteiger partial charge in [0.2, 0.25) is 0 Å². The normalized spacial score (nSPS) is 14.5. The molecule has 0 spiro atoms. The lowest BCUT2D eigenvalue weighted by Crippen LogP contribution is -2.30. The van der Waals surface area contributed by atoms with Gasteiger partial charge in [-0.25, -0.2) is 9.13 Å². The first-order valence-electron chi connectivity index (χ1n) is 40.1. The lowest BCUT2D eigenvalue weighted by molar-refractivity contribution is -0.161. The molecule has 0 aliphatic carbocycles. The second-order valence-corrected chi connectivity index (χ2v) is 29.5. The summed E-state index contributed by atoms with van der Waals surface area (Å²) in [7, 11) is -9.96. The molecule has 3 N–H and O–H groups in total. The van der Waals surface area contributed by atoms with Gasteiger partial charge in [0.05, 0.1) is 26.4 Å². The molecule has 0 aromatic heterocycles. The lowest BCUT2D eigenvalue weighted by Gasteiger charge is -2.21. The summed E-state index contributed by atoms with van der Waals surface area (Å²) < 4.78 is 68.6. The quantitative estimate of drug-likeness (QED) is 0.0169. The third-order valence-corrected chi connectivity index (χ3v) is 18.6. The first kappa shape index (κ1) is 97.7. The predicted octanol–water partition coefficient (Wildman–Crippen LogP) is 23.3. The summed E-state index contributed by atoms with van der Waals surface area (Å²) in [6.07, 6.45) is 80.6. The summed E-state index contributed by atoms with van der Waals surface area (Å²) in [5.74, 6) is -2.21. The van der Waals surface area contributed by atoms with Crippen LogP contribution in [0.1, 0.15) is 336 Å². The number of aliphatic hydroxyl groups excluding tert-OH is 1. The Kier molecular flexibility index (Phi) is 71.8. The summed E-state index contributed by atoms with van der Waals surface area (Å²) >= 11 is 0. The maximum absolute atomic E-state index is 13.1. The average molecular weight is 1480 g/mol. The van der Waals surface area contributed by atoms with E-state index in [0.717, 1.165) is 180 Å². The zero-order valence-corrected chi connectivity index (χ0v) is 66.0. The lowest BCUT2D eigenvalue weighted by atomic mass is 10.0. The van der Waals surface area contributed by atoms with Crippen LogP contribution in [0.2, 0.25) is 0 Å². The van der Waals surface area contributed by atoms with Crippen LogP contribution in [0.15, 0.2) is 109 Å². The number of hydrogen-bond donors (Lipinski definition) is 3. The number of carbonyl (C=O) groups excluding carboxylic acids is 4. The number of phosphoric ester groups is 2. The van der Waals surface area contributed by atoms with Crippen molar-refractivity contribution >= 4 is 39.5 Å². The maximum Gasteiger partial charge on any atom is 0.472 e. The van der Waals surface area contributed by atoms with Crippen LogP contribution in [0.5, 0.6) is 0 Å². The fourth-order valence-corrected chi connectivity index (χ4v) is 12.2. The van der Waals surface area contributed by atoms with Crippen LogP contribution in [-0.2, 0) is 65.4 Å². The summed E-state index contributed by atoms with van der Waals surface area (Å²) in [6, 6.07) is 0. The number of unbranched alkanes of at least 4 members (excludes halogenated alkanes) is 31. The Morgan fingerprint density at radius 1 is 0.284 bits per heavy atom. The van der Waals surface area contributed by atoms with Crippen molar-refractivity contribution in [3.63, 3.8) is 0 Å². The molecule has 102 heavy (non-hydrogen) atoms. The average Bonchev–Trinajstić information content (AvgIpc) is 0.909. The number of phosphoric acid groups is 2. The molecule has 0 radical (unpaired) electrons. The number of ether oxygens (including phenoxy) is 4. The highest BCUT2D eigenvalue weighted by Crippen LogP contribution is 2.45. The van der Waals surface area contributed by atoms with Gasteiger partial charge in [-0.15, -0.1) is 0 Å². The molecule has 0 aliphatic rings. The molecule has 0 aromatic rings. The molecule has 0 rings (SSSR count). The largest absolute Gasteiger partial charge is 0.472 e. The second kappa shape index (κ2) is 75.0. The van der Waals surface area contributed by atoms with Crippen LogP contribution in [-0.4, -0.2) is 96.7 Å². The van der Waals surface area contributed by atoms with Crippen LogP contribution in [0.4, 0.5) is 0 Å². The number of aliphatic hydroxyl groups is 1. The van der Waals surface area contributed by atoms with Gasteiger partial charge >= 0.3 is 39.5 Å². The molecule has 0 bridgehead atoms. The second-order valence-electron chi connectivity index (χ2n) is 26.6. The van der Waals surface area contributed by atoms with E-state index < -0.39 is 97.5 Å². The van der Waals surface area contributed by atoms with E-state index in [0.29, 0.717) is 25.7 Å². The van der Waals surface area contributed by atoms with Crippen molar-refractivity contribution in [2.24, 2.45) is 0 Å². The van der Waals surface area contributed by atoms with Gasteiger partial charge in [0.15, 0.2) is 12.2 Å². The number of carbonyl (C=O) groups is 4. The van der Waals surface area contributed by atoms with Crippen molar-refractivity contribution in [3.8, 4) is 0 Å². The fraction of sp³-hybridized carbons (Fsp3) is 0.735. The SMILES string of the molecule is CC/C=C\C/C=C\C/C=C\C/C=C\C/C=C\CCCCCC(=O)OCC(COP(=O)(O)OCC(O)COP(=O)(O)OCC(COC(=O)CCCCCCCCC/C=C\C/C=C\C/C=C\CC)OC(=O)CCCCCCCCCCCCCCC)OC(=O)CCCCCCC/C=C\CCCCCC. The van der Waals surface area contributed by atoms with Gasteiger partial charge in [-0.1, -0.05) is 291 Å². The summed E-state index contributed by atoms with van der Waals surface area (Å²) in [5, 5.41) is 10.6. The van der Waals surface area contributed by atoms with Gasteiger partial charge in [-0.05, 0) is 128 Å². The Balaban J connectivity index is 5.35. The molecule has 5 atom stereocenters. The molecule has 0 saturated heterocycles. The van der Waals surface area contributed by atoms with Gasteiger partial charge in [0.25, 0.3) is 0 Å². The van der Waals surface area contributed by atoms with Gasteiger partial charge in [-0.3, -0.25) is 37.3 Å². The van der Waals surface area contributed by atoms with Crippen LogP contribution >= 0.6 is 15.6 Å². The Morgan fingerprint density at radius 2 is 0.510 bits per heavy atom. The fourth-order valence-electron chi connectivity index (χ4n) is 10.7. The first-order valence-corrected chi connectivity index (χ1v) is 43.1. The van der Waals surface area contributed by atoms with Gasteiger partial charge in [0, 0.05) is 25.7 Å². The van der Waals surface area contributed by atoms with E-state index in [9.17, 15) is 43.2 Å². The molecule has 0 amide bonds. The third kappa shape index (κ3) is 74.0. The zero-order chi connectivity index (χ0) is 74.6. The molecule has 588 valence electrons. The molecule has 19 heteroatoms. The Bertz CT molecular complexity index is 2360. The third-order valence-electron chi connectivity index (χ3n) is 16.7. The van der Waals surface area contributed by atoms with Crippen LogP contribution in [0.25, 0.3) is 0 Å². The molecule has 0 heterocycles. The molecule has 0 aliphatic heterocycles. The van der Waals surface area contributed by atoms with E-state index in [1.54, 1.807) is 0 Å². The van der Waals surface area contributed by atoms with Gasteiger partial charge < -0.3 is 33.8 Å². The minimum atomic E-state index is -4.98. The number of allylic oxidation sites excluding steroid dienone is 18. The molecule has 5 unspecified atom stereocenters. The molecule has 0 fully saturated rings. The standard InChI is InChI=1S/C83H144O17P2/c1-5-9-13-17-21-25-29-33-35-37-38-40-42-46-48-52-56-60-64-68-81(86)94-74-79(100-83(88)70-66-62-58-54-50-44-32-28-24-20-16-12-8-4)76-98-102(91,92)96-72-77(84)71-95-101(89,90)97-75-78(99-82(87)69-65-61-57-53-49-43-31-27-23-19-15-11-7-3)73-93-80(85)67-63-59-55-51-47-45-41-39-36-34-30-26-22-18-14-10-6-2/h9-10,13-14,21-22,25-26,28,32-36,38,40,46,48,77-79,84H,5-8,11-12,15-20,23-24,27,29-31,37,39,41-45,47,49-76H2,1-4H3,(H,89,90)(H,91,92)/b13-9-,14-10-,25-21-,26-22-,32-28-,35-33-,36-34-,40-38-,48-46-. The molecule has 0 aromatic carbocycles. The smallest absolute Gasteiger partial charge is 0.462 e. The summed E-state index contributed by atoms with van der Waals surface area (Å²) in [5.41, 5.74) is 0. The highest BCUT2D eigenvalue weighted by Gasteiger charge is 2.30. The number of hydrogen-bond acceptors (Lipinski definition) is 15. The van der Waals surface area contributed by atoms with Crippen molar-refractivity contribution in [1.82, 2.24) is 0 Å². The number of rotatable bonds is 75. The van der Waals surface area contributed by atoms with Crippen molar-refractivity contribution in [3.05, 3.63) is 109 Å². The van der Waals surface area contributed by atoms with E-state index in [1.165, 1.54) is 77.0 Å². The predicted molar refractivity (Wildman–Crippen MR) is 418 cm³/mol. The van der Waals surface area contributed by atoms with E-state index in [2.05, 4.69) is 137 Å². The highest BCUT2D eigenvalue weighted by molar-refractivity contribution is 7.47. The molecular weight excluding hydrogens is 1330 g/mol. The topological polar surface area (TPSA) is 237 Å². The Morgan fingerprint density at radius 3 is 0.814 bits per heavy atom. The summed E-state index contributed by atoms with van der Waals surface area (Å²) in [4.78, 5) is 73.0. The van der Waals surface area contributed by atoms with E-state index in [1.807, 2.05) is 0 Å². The van der Waals surface area contributed by atoms with Crippen LogP contribution in [0.3, 0.4) is 0 Å².